The molecule has 0 amide bonds. The number of alkyl halides is 3. The number of rotatable bonds is 3. The zero-order valence-corrected chi connectivity index (χ0v) is 13.1. The number of halogens is 3. The van der Waals surface area contributed by atoms with E-state index in [9.17, 15) is 13.2 Å². The quantitative estimate of drug-likeness (QED) is 0.707. The van der Waals surface area contributed by atoms with Crippen LogP contribution in [0.5, 0.6) is 5.75 Å². The van der Waals surface area contributed by atoms with Gasteiger partial charge in [0.2, 0.25) is 0 Å². The summed E-state index contributed by atoms with van der Waals surface area (Å²) in [4.78, 5) is 0. The van der Waals surface area contributed by atoms with Gasteiger partial charge in [-0.3, -0.25) is 0 Å². The first-order valence-electron chi connectivity index (χ1n) is 7.17. The Hall–Kier alpha value is -1.70. The zero-order valence-electron chi connectivity index (χ0n) is 13.1. The molecule has 0 aliphatic rings. The summed E-state index contributed by atoms with van der Waals surface area (Å²) in [6.45, 7) is 8.46. The number of nitrogens with zero attached hydrogens (tertiary/aromatic N) is 1. The van der Waals surface area contributed by atoms with Gasteiger partial charge in [-0.15, -0.1) is 0 Å². The lowest BCUT2D eigenvalue weighted by Gasteiger charge is -2.08. The molecule has 1 rings (SSSR count). The molecule has 0 aliphatic carbocycles. The monoisotopic (exact) mass is 303 g/mol. The molecular weight excluding hydrogens is 279 g/mol. The van der Waals surface area contributed by atoms with E-state index in [2.05, 4.69) is 13.8 Å². The van der Waals surface area contributed by atoms with Gasteiger partial charge in [-0.25, -0.2) is 0 Å². The maximum Gasteiger partial charge on any atom is 0.417 e. The van der Waals surface area contributed by atoms with E-state index >= 15 is 0 Å². The molecule has 120 valence electrons. The van der Waals surface area contributed by atoms with Gasteiger partial charge in [0.05, 0.1) is 17.2 Å². The molecule has 5 heteroatoms. The van der Waals surface area contributed by atoms with Crippen LogP contribution in [-0.2, 0) is 6.18 Å². The normalized spacial score (nSPS) is 9.62. The lowest BCUT2D eigenvalue weighted by atomic mass is 10.1. The van der Waals surface area contributed by atoms with E-state index in [1.807, 2.05) is 13.8 Å². The van der Waals surface area contributed by atoms with E-state index in [0.717, 1.165) is 12.1 Å². The number of aromatic hydroxyl groups is 1. The Morgan fingerprint density at radius 1 is 1.10 bits per heavy atom. The summed E-state index contributed by atoms with van der Waals surface area (Å²) in [5.74, 6) is -0.508. The van der Waals surface area contributed by atoms with Crippen molar-refractivity contribution in [3.8, 4) is 11.8 Å². The van der Waals surface area contributed by atoms with Crippen molar-refractivity contribution >= 4 is 0 Å². The molecule has 0 aromatic heterocycles. The highest BCUT2D eigenvalue weighted by molar-refractivity contribution is 5.43. The third-order valence-corrected chi connectivity index (χ3v) is 2.39. The maximum atomic E-state index is 12.2. The van der Waals surface area contributed by atoms with Crippen LogP contribution < -0.4 is 0 Å². The molecule has 0 saturated heterocycles. The standard InChI is InChI=1S/C8H4F3NO.C6H14.C2H6/c9-8(10,11)7-3-6(13)2-1-5(7)4-12;1-3-5-6-4-2;1-2/h1-3,13H;3-6H2,1-2H3;1-2H3. The van der Waals surface area contributed by atoms with Gasteiger partial charge in [0, 0.05) is 0 Å². The van der Waals surface area contributed by atoms with Crippen LogP contribution in [0.15, 0.2) is 18.2 Å². The average Bonchev–Trinajstić information content (AvgIpc) is 2.47. The van der Waals surface area contributed by atoms with Crippen LogP contribution in [0.1, 0.15) is 64.5 Å². The molecule has 2 nitrogen and oxygen atoms in total. The van der Waals surface area contributed by atoms with Crippen molar-refractivity contribution in [3.05, 3.63) is 29.3 Å². The van der Waals surface area contributed by atoms with E-state index in [0.29, 0.717) is 6.07 Å². The summed E-state index contributed by atoms with van der Waals surface area (Å²) in [6.07, 6.45) is 0.929. The predicted octanol–water partition coefficient (Wildman–Crippen LogP) is 5.90. The topological polar surface area (TPSA) is 44.0 Å². The summed E-state index contributed by atoms with van der Waals surface area (Å²) in [7, 11) is 0. The first-order chi connectivity index (χ1) is 9.86. The van der Waals surface area contributed by atoms with Crippen molar-refractivity contribution in [1.82, 2.24) is 0 Å². The number of hydrogen-bond acceptors (Lipinski definition) is 2. The Morgan fingerprint density at radius 3 is 1.90 bits per heavy atom. The lowest BCUT2D eigenvalue weighted by Crippen LogP contribution is -2.07. The van der Waals surface area contributed by atoms with Gasteiger partial charge in [0.15, 0.2) is 0 Å². The van der Waals surface area contributed by atoms with Crippen molar-refractivity contribution in [1.29, 1.82) is 5.26 Å². The van der Waals surface area contributed by atoms with Crippen LogP contribution >= 0.6 is 0 Å². The van der Waals surface area contributed by atoms with E-state index in [1.165, 1.54) is 31.8 Å². The summed E-state index contributed by atoms with van der Waals surface area (Å²) in [5, 5.41) is 17.1. The number of phenols is 1. The van der Waals surface area contributed by atoms with Crippen molar-refractivity contribution in [3.63, 3.8) is 0 Å². The van der Waals surface area contributed by atoms with Gasteiger partial charge >= 0.3 is 6.18 Å². The Bertz CT molecular complexity index is 419. The van der Waals surface area contributed by atoms with Crippen LogP contribution in [0, 0.1) is 11.3 Å². The first-order valence-corrected chi connectivity index (χ1v) is 7.17. The highest BCUT2D eigenvalue weighted by Crippen LogP contribution is 2.33. The van der Waals surface area contributed by atoms with E-state index in [-0.39, 0.29) is 0 Å². The van der Waals surface area contributed by atoms with Gasteiger partial charge < -0.3 is 5.11 Å². The fourth-order valence-corrected chi connectivity index (χ4v) is 1.36. The highest BCUT2D eigenvalue weighted by atomic mass is 19.4. The molecule has 0 atom stereocenters. The number of nitriles is 1. The molecule has 1 aromatic rings. The molecule has 0 saturated carbocycles. The van der Waals surface area contributed by atoms with Crippen molar-refractivity contribution in [2.75, 3.05) is 0 Å². The largest absolute Gasteiger partial charge is 0.508 e. The lowest BCUT2D eigenvalue weighted by molar-refractivity contribution is -0.137. The molecule has 1 N–H and O–H groups in total. The molecule has 0 spiro atoms. The van der Waals surface area contributed by atoms with Crippen LogP contribution in [0.25, 0.3) is 0 Å². The second kappa shape index (κ2) is 12.1. The van der Waals surface area contributed by atoms with Crippen LogP contribution in [-0.4, -0.2) is 5.11 Å². The maximum absolute atomic E-state index is 12.2. The van der Waals surface area contributed by atoms with Gasteiger partial charge in [0.1, 0.15) is 5.75 Å². The second-order valence-electron chi connectivity index (χ2n) is 4.05. The molecule has 1 aromatic carbocycles. The molecule has 0 heterocycles. The van der Waals surface area contributed by atoms with E-state index in [4.69, 9.17) is 10.4 Å². The minimum atomic E-state index is -4.61. The van der Waals surface area contributed by atoms with Crippen LogP contribution in [0.4, 0.5) is 13.2 Å². The summed E-state index contributed by atoms with van der Waals surface area (Å²) in [6, 6.07) is 3.89. The Balaban J connectivity index is 0. The molecule has 0 radical (unpaired) electrons. The van der Waals surface area contributed by atoms with Crippen molar-refractivity contribution in [2.24, 2.45) is 0 Å². The van der Waals surface area contributed by atoms with Gasteiger partial charge in [-0.05, 0) is 18.2 Å². The third-order valence-electron chi connectivity index (χ3n) is 2.39. The minimum Gasteiger partial charge on any atom is -0.508 e. The Labute approximate surface area is 125 Å². The fraction of sp³-hybridized carbons (Fsp3) is 0.562. The molecule has 0 unspecified atom stereocenters. The molecule has 0 bridgehead atoms. The van der Waals surface area contributed by atoms with Gasteiger partial charge in [-0.2, -0.15) is 18.4 Å². The molecule has 0 aliphatic heterocycles. The summed E-state index contributed by atoms with van der Waals surface area (Å²) < 4.78 is 36.5. The summed E-state index contributed by atoms with van der Waals surface area (Å²) in [5.41, 5.74) is -1.61. The molecule has 0 fully saturated rings. The predicted molar refractivity (Wildman–Crippen MR) is 79.0 cm³/mol. The van der Waals surface area contributed by atoms with E-state index < -0.39 is 23.1 Å². The van der Waals surface area contributed by atoms with Crippen molar-refractivity contribution < 1.29 is 18.3 Å². The van der Waals surface area contributed by atoms with Gasteiger partial charge in [-0.1, -0.05) is 53.4 Å². The van der Waals surface area contributed by atoms with Crippen molar-refractivity contribution in [2.45, 2.75) is 59.6 Å². The second-order valence-corrected chi connectivity index (χ2v) is 4.05. The number of benzene rings is 1. The highest BCUT2D eigenvalue weighted by Gasteiger charge is 2.33. The summed E-state index contributed by atoms with van der Waals surface area (Å²) >= 11 is 0. The Morgan fingerprint density at radius 2 is 1.57 bits per heavy atom. The molecule has 21 heavy (non-hydrogen) atoms. The number of unbranched alkanes of at least 4 members (excludes halogenated alkanes) is 3. The fourth-order valence-electron chi connectivity index (χ4n) is 1.36. The van der Waals surface area contributed by atoms with E-state index in [1.54, 1.807) is 0 Å². The first kappa shape index (κ1) is 21.6. The number of hydrogen-bond donors (Lipinski definition) is 1. The Kier molecular flexibility index (Phi) is 12.4. The smallest absolute Gasteiger partial charge is 0.417 e. The van der Waals surface area contributed by atoms with Crippen LogP contribution in [0.2, 0.25) is 0 Å². The number of phenolic OH excluding ortho intramolecular Hbond substituents is 1. The zero-order chi connectivity index (χ0) is 16.9. The third kappa shape index (κ3) is 9.78. The van der Waals surface area contributed by atoms with Crippen LogP contribution in [0.3, 0.4) is 0 Å². The molecular formula is C16H24F3NO. The SMILES string of the molecule is CC.CCCCCC.N#Cc1ccc(O)cc1C(F)(F)F. The minimum absolute atomic E-state index is 0.495. The van der Waals surface area contributed by atoms with Gasteiger partial charge in [0.25, 0.3) is 0 Å². The average molecular weight is 303 g/mol.